The van der Waals surface area contributed by atoms with Gasteiger partial charge in [0.1, 0.15) is 0 Å². The van der Waals surface area contributed by atoms with Gasteiger partial charge in [-0.25, -0.2) is 10.0 Å². The van der Waals surface area contributed by atoms with Crippen LogP contribution in [0.1, 0.15) is 6.92 Å². The van der Waals surface area contributed by atoms with Crippen molar-refractivity contribution in [3.63, 3.8) is 0 Å². The molecule has 1 aliphatic heterocycles. The Morgan fingerprint density at radius 3 is 2.23 bits per heavy atom. The highest BCUT2D eigenvalue weighted by Gasteiger charge is 2.54. The summed E-state index contributed by atoms with van der Waals surface area (Å²) >= 11 is 6.31. The molecule has 0 saturated carbocycles. The Morgan fingerprint density at radius 1 is 0.968 bits per heavy atom. The molecular weight excluding hydrogens is 414 g/mol. The minimum atomic E-state index is -1.66. The minimum absolute atomic E-state index is 0.188. The number of halogens is 1. The SMILES string of the molecule is CC(=O)NC1(Nc2ccccc2)C(=O)N(c2ccccc2)NC1=Nc1ccccc1Cl. The molecule has 2 amide bonds. The second kappa shape index (κ2) is 8.49. The first-order valence-electron chi connectivity index (χ1n) is 9.61. The number of hydrazine groups is 1. The summed E-state index contributed by atoms with van der Waals surface area (Å²) in [7, 11) is 0. The van der Waals surface area contributed by atoms with Crippen LogP contribution in [0, 0.1) is 0 Å². The summed E-state index contributed by atoms with van der Waals surface area (Å²) in [6, 6.07) is 25.2. The van der Waals surface area contributed by atoms with Crippen LogP contribution in [0.15, 0.2) is 89.9 Å². The molecule has 0 aliphatic carbocycles. The number of carbonyl (C=O) groups excluding carboxylic acids is 2. The number of hydrogen-bond donors (Lipinski definition) is 3. The van der Waals surface area contributed by atoms with Crippen molar-refractivity contribution in [2.24, 2.45) is 4.99 Å². The molecule has 1 aliphatic rings. The average molecular weight is 434 g/mol. The summed E-state index contributed by atoms with van der Waals surface area (Å²) in [6.45, 7) is 1.35. The van der Waals surface area contributed by atoms with Crippen molar-refractivity contribution in [1.29, 1.82) is 0 Å². The Bertz CT molecular complexity index is 1140. The van der Waals surface area contributed by atoms with Gasteiger partial charge >= 0.3 is 0 Å². The molecular formula is C23H20ClN5O2. The molecule has 0 spiro atoms. The van der Waals surface area contributed by atoms with E-state index in [2.05, 4.69) is 21.1 Å². The van der Waals surface area contributed by atoms with Gasteiger partial charge < -0.3 is 10.6 Å². The molecule has 0 radical (unpaired) electrons. The van der Waals surface area contributed by atoms with Crippen LogP contribution in [0.2, 0.25) is 5.02 Å². The number of nitrogens with zero attached hydrogens (tertiary/aromatic N) is 2. The van der Waals surface area contributed by atoms with Crippen molar-refractivity contribution in [2.75, 3.05) is 10.3 Å². The largest absolute Gasteiger partial charge is 0.349 e. The molecule has 1 saturated heterocycles. The van der Waals surface area contributed by atoms with E-state index in [0.717, 1.165) is 0 Å². The third-order valence-electron chi connectivity index (χ3n) is 4.67. The van der Waals surface area contributed by atoms with Crippen molar-refractivity contribution >= 4 is 46.3 Å². The van der Waals surface area contributed by atoms with Crippen LogP contribution in [0.3, 0.4) is 0 Å². The second-order valence-corrected chi connectivity index (χ2v) is 7.33. The van der Waals surface area contributed by atoms with Gasteiger partial charge in [0.25, 0.3) is 11.6 Å². The summed E-state index contributed by atoms with van der Waals surface area (Å²) in [4.78, 5) is 30.6. The van der Waals surface area contributed by atoms with E-state index in [1.807, 2.05) is 36.4 Å². The predicted octanol–water partition coefficient (Wildman–Crippen LogP) is 3.87. The molecule has 3 aromatic carbocycles. The van der Waals surface area contributed by atoms with Crippen molar-refractivity contribution in [2.45, 2.75) is 12.6 Å². The normalized spacial score (nSPS) is 19.2. The average Bonchev–Trinajstić information content (AvgIpc) is 3.02. The molecule has 31 heavy (non-hydrogen) atoms. The van der Waals surface area contributed by atoms with Crippen LogP contribution >= 0.6 is 11.6 Å². The molecule has 1 atom stereocenters. The number of para-hydroxylation sites is 3. The van der Waals surface area contributed by atoms with Gasteiger partial charge in [0.2, 0.25) is 5.91 Å². The van der Waals surface area contributed by atoms with Crippen LogP contribution in [-0.4, -0.2) is 23.3 Å². The lowest BCUT2D eigenvalue weighted by molar-refractivity contribution is -0.126. The molecule has 4 rings (SSSR count). The molecule has 3 aromatic rings. The lowest BCUT2D eigenvalue weighted by Crippen LogP contribution is -2.63. The molecule has 156 valence electrons. The maximum absolute atomic E-state index is 13.7. The van der Waals surface area contributed by atoms with Crippen LogP contribution in [0.4, 0.5) is 17.1 Å². The quantitative estimate of drug-likeness (QED) is 0.533. The smallest absolute Gasteiger partial charge is 0.300 e. The fourth-order valence-electron chi connectivity index (χ4n) is 3.30. The molecule has 0 bridgehead atoms. The van der Waals surface area contributed by atoms with Crippen molar-refractivity contribution in [3.05, 3.63) is 90.0 Å². The van der Waals surface area contributed by atoms with Gasteiger partial charge in [0, 0.05) is 12.6 Å². The maximum Gasteiger partial charge on any atom is 0.300 e. The van der Waals surface area contributed by atoms with E-state index in [-0.39, 0.29) is 5.84 Å². The van der Waals surface area contributed by atoms with Gasteiger partial charge in [-0.2, -0.15) is 0 Å². The third kappa shape index (κ3) is 4.08. The number of hydrogen-bond acceptors (Lipinski definition) is 4. The first kappa shape index (κ1) is 20.4. The van der Waals surface area contributed by atoms with Crippen LogP contribution in [0.5, 0.6) is 0 Å². The van der Waals surface area contributed by atoms with Gasteiger partial charge in [-0.3, -0.25) is 15.0 Å². The molecule has 0 aromatic heterocycles. The topological polar surface area (TPSA) is 85.8 Å². The zero-order valence-corrected chi connectivity index (χ0v) is 17.4. The summed E-state index contributed by atoms with van der Waals surface area (Å²) in [6.07, 6.45) is 0. The van der Waals surface area contributed by atoms with Crippen molar-refractivity contribution < 1.29 is 9.59 Å². The monoisotopic (exact) mass is 433 g/mol. The zero-order chi connectivity index (χ0) is 21.8. The Balaban J connectivity index is 1.88. The number of anilines is 2. The second-order valence-electron chi connectivity index (χ2n) is 6.92. The zero-order valence-electron chi connectivity index (χ0n) is 16.7. The number of carbonyl (C=O) groups is 2. The number of nitrogens with one attached hydrogen (secondary N) is 3. The van der Waals surface area contributed by atoms with Gasteiger partial charge in [-0.05, 0) is 36.4 Å². The van der Waals surface area contributed by atoms with E-state index in [4.69, 9.17) is 11.6 Å². The lowest BCUT2D eigenvalue weighted by atomic mass is 10.1. The molecule has 7 nitrogen and oxygen atoms in total. The third-order valence-corrected chi connectivity index (χ3v) is 4.98. The molecule has 1 fully saturated rings. The first-order valence-corrected chi connectivity index (χ1v) is 9.99. The standard InChI is InChI=1S/C23H20ClN5O2/c1-16(30)26-23(27-17-10-4-2-5-11-17)21(25-20-15-9-8-14-19(20)24)28-29(22(23)31)18-12-6-3-7-13-18/h2-15,27H,1H3,(H,25,28)(H,26,30). The van der Waals surface area contributed by atoms with Gasteiger partial charge in [0.05, 0.1) is 16.4 Å². The highest BCUT2D eigenvalue weighted by atomic mass is 35.5. The van der Waals surface area contributed by atoms with E-state index < -0.39 is 17.5 Å². The summed E-state index contributed by atoms with van der Waals surface area (Å²) in [5.74, 6) is -0.655. The van der Waals surface area contributed by atoms with Gasteiger partial charge in [-0.1, -0.05) is 60.1 Å². The van der Waals surface area contributed by atoms with Crippen molar-refractivity contribution in [3.8, 4) is 0 Å². The molecule has 3 N–H and O–H groups in total. The highest BCUT2D eigenvalue weighted by molar-refractivity contribution is 6.33. The van der Waals surface area contributed by atoms with E-state index in [9.17, 15) is 9.59 Å². The van der Waals surface area contributed by atoms with Crippen LogP contribution in [-0.2, 0) is 9.59 Å². The number of aliphatic imine (C=N–C) groups is 1. The summed E-state index contributed by atoms with van der Waals surface area (Å²) in [5, 5.41) is 7.70. The Kier molecular flexibility index (Phi) is 5.60. The predicted molar refractivity (Wildman–Crippen MR) is 122 cm³/mol. The summed E-state index contributed by atoms with van der Waals surface area (Å²) in [5.41, 5.74) is 3.07. The van der Waals surface area contributed by atoms with E-state index in [1.165, 1.54) is 11.9 Å². The van der Waals surface area contributed by atoms with Gasteiger partial charge in [0.15, 0.2) is 5.84 Å². The Hall–Kier alpha value is -3.84. The molecule has 1 unspecified atom stereocenters. The van der Waals surface area contributed by atoms with Gasteiger partial charge in [-0.15, -0.1) is 0 Å². The minimum Gasteiger partial charge on any atom is -0.349 e. The number of amidine groups is 1. The lowest BCUT2D eigenvalue weighted by Gasteiger charge is -2.29. The number of benzene rings is 3. The molecule has 8 heteroatoms. The summed E-state index contributed by atoms with van der Waals surface area (Å²) < 4.78 is 0. The Morgan fingerprint density at radius 2 is 1.58 bits per heavy atom. The maximum atomic E-state index is 13.7. The van der Waals surface area contributed by atoms with Crippen LogP contribution < -0.4 is 21.1 Å². The fourth-order valence-corrected chi connectivity index (χ4v) is 3.48. The Labute approximate surface area is 184 Å². The van der Waals surface area contributed by atoms with E-state index >= 15 is 0 Å². The van der Waals surface area contributed by atoms with Crippen LogP contribution in [0.25, 0.3) is 0 Å². The van der Waals surface area contributed by atoms with Crippen molar-refractivity contribution in [1.82, 2.24) is 10.7 Å². The molecule has 1 heterocycles. The fraction of sp³-hybridized carbons (Fsp3) is 0.0870. The number of amides is 2. The number of rotatable bonds is 5. The van der Waals surface area contributed by atoms with E-state index in [0.29, 0.717) is 22.1 Å². The highest BCUT2D eigenvalue weighted by Crippen LogP contribution is 2.30. The van der Waals surface area contributed by atoms with E-state index in [1.54, 1.807) is 48.5 Å². The first-order chi connectivity index (χ1) is 15.0.